The summed E-state index contributed by atoms with van der Waals surface area (Å²) in [5.41, 5.74) is 2.09. The number of amides is 1. The predicted octanol–water partition coefficient (Wildman–Crippen LogP) is 0.941. The second-order valence-electron chi connectivity index (χ2n) is 3.84. The van der Waals surface area contributed by atoms with Crippen molar-refractivity contribution < 1.29 is 4.79 Å². The van der Waals surface area contributed by atoms with E-state index in [1.54, 1.807) is 0 Å². The number of nitrogens with one attached hydrogen (secondary N) is 3. The molecule has 1 aromatic heterocycles. The van der Waals surface area contributed by atoms with Crippen LogP contribution in [0.15, 0.2) is 35.1 Å². The summed E-state index contributed by atoms with van der Waals surface area (Å²) < 4.78 is 0. The maximum absolute atomic E-state index is 11.6. The van der Waals surface area contributed by atoms with Crippen LogP contribution < -0.4 is 10.9 Å². The summed E-state index contributed by atoms with van der Waals surface area (Å²) in [6.45, 7) is 2.43. The number of aryl methyl sites for hydroxylation is 1. The lowest BCUT2D eigenvalue weighted by atomic mass is 10.1. The third-order valence-electron chi connectivity index (χ3n) is 2.38. The monoisotopic (exact) mass is 231 g/mol. The number of H-pyrrole nitrogens is 2. The van der Waals surface area contributed by atoms with Gasteiger partial charge in [-0.15, -0.1) is 0 Å². The Morgan fingerprint density at radius 1 is 1.29 bits per heavy atom. The molecule has 0 aliphatic carbocycles. The van der Waals surface area contributed by atoms with E-state index in [9.17, 15) is 9.59 Å². The number of aromatic nitrogens is 2. The van der Waals surface area contributed by atoms with E-state index in [0.29, 0.717) is 6.54 Å². The minimum Gasteiger partial charge on any atom is -0.347 e. The fourth-order valence-electron chi connectivity index (χ4n) is 1.55. The van der Waals surface area contributed by atoms with Crippen molar-refractivity contribution in [3.63, 3.8) is 0 Å². The Bertz CT molecular complexity index is 583. The Morgan fingerprint density at radius 2 is 2.12 bits per heavy atom. The molecule has 0 spiro atoms. The summed E-state index contributed by atoms with van der Waals surface area (Å²) in [7, 11) is 0. The Morgan fingerprint density at radius 3 is 2.76 bits per heavy atom. The SMILES string of the molecule is Cc1cccc(CNC(=O)c2cc(=O)[nH][nH]2)c1. The van der Waals surface area contributed by atoms with Crippen LogP contribution in [0.1, 0.15) is 21.6 Å². The maximum Gasteiger partial charge on any atom is 0.269 e. The van der Waals surface area contributed by atoms with Crippen LogP contribution >= 0.6 is 0 Å². The van der Waals surface area contributed by atoms with Crippen LogP contribution in [0.25, 0.3) is 0 Å². The summed E-state index contributed by atoms with van der Waals surface area (Å²) in [5.74, 6) is -0.301. The van der Waals surface area contributed by atoms with Crippen molar-refractivity contribution in [3.05, 3.63) is 57.5 Å². The van der Waals surface area contributed by atoms with E-state index in [0.717, 1.165) is 11.1 Å². The maximum atomic E-state index is 11.6. The van der Waals surface area contributed by atoms with Crippen LogP contribution in [0, 0.1) is 6.92 Å². The van der Waals surface area contributed by atoms with Crippen molar-refractivity contribution in [1.29, 1.82) is 0 Å². The highest BCUT2D eigenvalue weighted by molar-refractivity contribution is 5.91. The number of rotatable bonds is 3. The van der Waals surface area contributed by atoms with Crippen molar-refractivity contribution in [2.75, 3.05) is 0 Å². The molecule has 0 bridgehead atoms. The highest BCUT2D eigenvalue weighted by atomic mass is 16.2. The lowest BCUT2D eigenvalue weighted by molar-refractivity contribution is 0.0946. The molecule has 5 heteroatoms. The fraction of sp³-hybridized carbons (Fsp3) is 0.167. The lowest BCUT2D eigenvalue weighted by Gasteiger charge is -2.04. The summed E-state index contributed by atoms with van der Waals surface area (Å²) in [6.07, 6.45) is 0. The molecule has 0 atom stereocenters. The van der Waals surface area contributed by atoms with Crippen LogP contribution in [0.4, 0.5) is 0 Å². The minimum absolute atomic E-state index is 0.239. The minimum atomic E-state index is -0.314. The number of hydrogen-bond donors (Lipinski definition) is 3. The van der Waals surface area contributed by atoms with Gasteiger partial charge in [0, 0.05) is 12.6 Å². The fourth-order valence-corrected chi connectivity index (χ4v) is 1.55. The average Bonchev–Trinajstić information content (AvgIpc) is 2.73. The molecular weight excluding hydrogens is 218 g/mol. The van der Waals surface area contributed by atoms with Gasteiger partial charge in [-0.05, 0) is 12.5 Å². The van der Waals surface area contributed by atoms with Gasteiger partial charge in [0.05, 0.1) is 0 Å². The standard InChI is InChI=1S/C12H13N3O2/c1-8-3-2-4-9(5-8)7-13-12(17)10-6-11(16)15-14-10/h2-6H,7H2,1H3,(H,13,17)(H2,14,15,16). The molecule has 0 aliphatic heterocycles. The van der Waals surface area contributed by atoms with Gasteiger partial charge in [0.2, 0.25) is 0 Å². The van der Waals surface area contributed by atoms with E-state index in [-0.39, 0.29) is 17.2 Å². The molecule has 1 aromatic carbocycles. The van der Waals surface area contributed by atoms with Crippen molar-refractivity contribution in [2.24, 2.45) is 0 Å². The first-order valence-corrected chi connectivity index (χ1v) is 5.26. The van der Waals surface area contributed by atoms with Gasteiger partial charge >= 0.3 is 0 Å². The molecule has 2 aromatic rings. The van der Waals surface area contributed by atoms with Crippen LogP contribution in [-0.2, 0) is 6.54 Å². The molecule has 0 aliphatic rings. The molecule has 0 radical (unpaired) electrons. The largest absolute Gasteiger partial charge is 0.347 e. The van der Waals surface area contributed by atoms with Gasteiger partial charge in [-0.25, -0.2) is 0 Å². The van der Waals surface area contributed by atoms with E-state index < -0.39 is 0 Å². The zero-order valence-electron chi connectivity index (χ0n) is 9.41. The normalized spacial score (nSPS) is 10.2. The first-order chi connectivity index (χ1) is 8.15. The Hall–Kier alpha value is -2.30. The molecular formula is C12H13N3O2. The first kappa shape index (κ1) is 11.2. The van der Waals surface area contributed by atoms with Crippen molar-refractivity contribution in [3.8, 4) is 0 Å². The smallest absolute Gasteiger partial charge is 0.269 e. The van der Waals surface area contributed by atoms with Crippen LogP contribution in [0.5, 0.6) is 0 Å². The predicted molar refractivity (Wildman–Crippen MR) is 63.8 cm³/mol. The van der Waals surface area contributed by atoms with E-state index in [1.807, 2.05) is 31.2 Å². The molecule has 88 valence electrons. The van der Waals surface area contributed by atoms with Crippen molar-refractivity contribution in [1.82, 2.24) is 15.5 Å². The number of benzene rings is 1. The van der Waals surface area contributed by atoms with Crippen LogP contribution in [-0.4, -0.2) is 16.1 Å². The van der Waals surface area contributed by atoms with Gasteiger partial charge in [-0.2, -0.15) is 0 Å². The number of hydrogen-bond acceptors (Lipinski definition) is 2. The van der Waals surface area contributed by atoms with E-state index >= 15 is 0 Å². The topological polar surface area (TPSA) is 77.8 Å². The zero-order chi connectivity index (χ0) is 12.3. The van der Waals surface area contributed by atoms with E-state index in [2.05, 4.69) is 15.5 Å². The quantitative estimate of drug-likeness (QED) is 0.735. The lowest BCUT2D eigenvalue weighted by Crippen LogP contribution is -2.23. The molecule has 1 amide bonds. The Balaban J connectivity index is 1.99. The molecule has 17 heavy (non-hydrogen) atoms. The molecule has 0 unspecified atom stereocenters. The van der Waals surface area contributed by atoms with E-state index in [4.69, 9.17) is 0 Å². The average molecular weight is 231 g/mol. The molecule has 0 saturated carbocycles. The van der Waals surface area contributed by atoms with Gasteiger partial charge in [-0.3, -0.25) is 19.8 Å². The summed E-state index contributed by atoms with van der Waals surface area (Å²) in [5, 5.41) is 7.55. The second-order valence-corrected chi connectivity index (χ2v) is 3.84. The first-order valence-electron chi connectivity index (χ1n) is 5.26. The summed E-state index contributed by atoms with van der Waals surface area (Å²) in [4.78, 5) is 22.5. The van der Waals surface area contributed by atoms with Crippen molar-refractivity contribution in [2.45, 2.75) is 13.5 Å². The molecule has 1 heterocycles. The third kappa shape index (κ3) is 2.84. The summed E-state index contributed by atoms with van der Waals surface area (Å²) in [6, 6.07) is 9.10. The summed E-state index contributed by atoms with van der Waals surface area (Å²) >= 11 is 0. The second kappa shape index (κ2) is 4.69. The van der Waals surface area contributed by atoms with E-state index in [1.165, 1.54) is 6.07 Å². The highest BCUT2D eigenvalue weighted by Crippen LogP contribution is 2.03. The Kier molecular flexibility index (Phi) is 3.09. The van der Waals surface area contributed by atoms with Gasteiger partial charge < -0.3 is 5.32 Å². The third-order valence-corrected chi connectivity index (χ3v) is 2.38. The van der Waals surface area contributed by atoms with Gasteiger partial charge in [0.25, 0.3) is 11.5 Å². The molecule has 0 saturated heterocycles. The van der Waals surface area contributed by atoms with Crippen LogP contribution in [0.2, 0.25) is 0 Å². The molecule has 5 nitrogen and oxygen atoms in total. The molecule has 3 N–H and O–H groups in total. The highest BCUT2D eigenvalue weighted by Gasteiger charge is 2.07. The number of aromatic amines is 2. The van der Waals surface area contributed by atoms with Crippen LogP contribution in [0.3, 0.4) is 0 Å². The van der Waals surface area contributed by atoms with Crippen molar-refractivity contribution >= 4 is 5.91 Å². The molecule has 0 fully saturated rings. The Labute approximate surface area is 97.9 Å². The number of carbonyl (C=O) groups excluding carboxylic acids is 1. The zero-order valence-corrected chi connectivity index (χ0v) is 9.41. The number of carbonyl (C=O) groups is 1. The van der Waals surface area contributed by atoms with Gasteiger partial charge in [0.15, 0.2) is 0 Å². The van der Waals surface area contributed by atoms with Gasteiger partial charge in [-0.1, -0.05) is 29.8 Å². The molecule has 2 rings (SSSR count). The van der Waals surface area contributed by atoms with Gasteiger partial charge in [0.1, 0.15) is 5.69 Å².